The molecule has 2 unspecified atom stereocenters. The number of aliphatic hydroxyl groups excluding tert-OH is 2. The first kappa shape index (κ1) is 49.2. The molecule has 0 aromatic heterocycles. The molecular formula is C46H75NO12. The van der Waals surface area contributed by atoms with Gasteiger partial charge in [0.25, 0.3) is 11.7 Å². The molecule has 336 valence electrons. The molecule has 1 saturated carbocycles. The number of Topliss-reactive ketones (excluding diaryl/α,β-unsaturated/α-hetero) is 1. The third-order valence-electron chi connectivity index (χ3n) is 13.3. The number of cyclic esters (lactones) is 1. The zero-order valence-corrected chi connectivity index (χ0v) is 37.2. The second-order valence-corrected chi connectivity index (χ2v) is 17.9. The van der Waals surface area contributed by atoms with E-state index in [1.165, 1.54) is 4.90 Å². The van der Waals surface area contributed by atoms with Crippen LogP contribution >= 0.6 is 0 Å². The van der Waals surface area contributed by atoms with E-state index in [1.807, 2.05) is 32.9 Å². The minimum absolute atomic E-state index is 0.00164. The molecule has 4 aliphatic rings. The molecule has 15 atom stereocenters. The highest BCUT2D eigenvalue weighted by Gasteiger charge is 2.57. The lowest BCUT2D eigenvalue weighted by atomic mass is 9.81. The summed E-state index contributed by atoms with van der Waals surface area (Å²) in [5.74, 6) is -5.54. The van der Waals surface area contributed by atoms with Gasteiger partial charge in [-0.25, -0.2) is 4.79 Å². The third-order valence-corrected chi connectivity index (χ3v) is 13.3. The van der Waals surface area contributed by atoms with E-state index >= 15 is 0 Å². The molecule has 3 aliphatic heterocycles. The van der Waals surface area contributed by atoms with Crippen molar-refractivity contribution >= 4 is 17.7 Å². The fraction of sp³-hybridized carbons (Fsp3) is 0.804. The Hall–Kier alpha value is -2.49. The van der Waals surface area contributed by atoms with Crippen molar-refractivity contribution in [2.45, 2.75) is 173 Å². The van der Waals surface area contributed by atoms with E-state index in [4.69, 9.17) is 28.4 Å². The van der Waals surface area contributed by atoms with Crippen molar-refractivity contribution in [3.8, 4) is 0 Å². The maximum absolute atomic E-state index is 14.9. The zero-order valence-electron chi connectivity index (χ0n) is 37.2. The van der Waals surface area contributed by atoms with Gasteiger partial charge in [-0.05, 0) is 108 Å². The average Bonchev–Trinajstić information content (AvgIpc) is 3.21. The quantitative estimate of drug-likeness (QED) is 0.152. The normalized spacial score (nSPS) is 41.2. The number of hydrogen-bond acceptors (Lipinski definition) is 12. The molecule has 3 fully saturated rings. The number of rotatable bonds is 9. The Bertz CT molecular complexity index is 1470. The Balaban J connectivity index is 1.82. The molecule has 1 aliphatic carbocycles. The average molecular weight is 834 g/mol. The number of nitrogens with zero attached hydrogens (tertiary/aromatic N) is 1. The van der Waals surface area contributed by atoms with Crippen LogP contribution < -0.4 is 0 Å². The van der Waals surface area contributed by atoms with Crippen LogP contribution in [0.25, 0.3) is 0 Å². The van der Waals surface area contributed by atoms with Crippen molar-refractivity contribution < 1.29 is 58.1 Å². The van der Waals surface area contributed by atoms with Gasteiger partial charge in [-0.3, -0.25) is 9.59 Å². The van der Waals surface area contributed by atoms with E-state index in [2.05, 4.69) is 13.5 Å². The van der Waals surface area contributed by atoms with E-state index in [9.17, 15) is 29.7 Å². The van der Waals surface area contributed by atoms with Crippen LogP contribution in [0.1, 0.15) is 112 Å². The fourth-order valence-electron chi connectivity index (χ4n) is 10.0. The van der Waals surface area contributed by atoms with E-state index < -0.39 is 78.3 Å². The van der Waals surface area contributed by atoms with Crippen molar-refractivity contribution in [2.24, 2.45) is 29.6 Å². The Morgan fingerprint density at radius 2 is 1.63 bits per heavy atom. The van der Waals surface area contributed by atoms with Gasteiger partial charge in [-0.1, -0.05) is 44.6 Å². The number of ether oxygens (including phenoxy) is 6. The predicted molar refractivity (Wildman–Crippen MR) is 223 cm³/mol. The summed E-state index contributed by atoms with van der Waals surface area (Å²) in [5.41, 5.74) is 1.69. The van der Waals surface area contributed by atoms with Gasteiger partial charge >= 0.3 is 5.97 Å². The third kappa shape index (κ3) is 12.1. The molecule has 0 spiro atoms. The Labute approximate surface area is 352 Å². The van der Waals surface area contributed by atoms with Crippen LogP contribution in [0.5, 0.6) is 0 Å². The second kappa shape index (κ2) is 22.6. The number of amides is 1. The molecule has 2 saturated heterocycles. The van der Waals surface area contributed by atoms with Crippen molar-refractivity contribution in [2.75, 3.05) is 34.5 Å². The maximum Gasteiger partial charge on any atom is 0.329 e. The predicted octanol–water partition coefficient (Wildman–Crippen LogP) is 5.48. The van der Waals surface area contributed by atoms with Crippen LogP contribution in [-0.4, -0.2) is 133 Å². The van der Waals surface area contributed by atoms with Crippen LogP contribution in [0.2, 0.25) is 0 Å². The van der Waals surface area contributed by atoms with Crippen LogP contribution in [0.15, 0.2) is 36.0 Å². The number of esters is 1. The Kier molecular flexibility index (Phi) is 18.8. The topological polar surface area (TPSA) is 171 Å². The van der Waals surface area contributed by atoms with Gasteiger partial charge in [0.1, 0.15) is 30.1 Å². The lowest BCUT2D eigenvalue weighted by molar-refractivity contribution is -0.305. The van der Waals surface area contributed by atoms with Crippen LogP contribution in [0.4, 0.5) is 0 Å². The molecule has 13 nitrogen and oxygen atoms in total. The highest BCUT2D eigenvalue weighted by molar-refractivity contribution is 5.89. The molecule has 0 radical (unpaired) electrons. The minimum Gasteiger partial charge on any atom is -0.456 e. The summed E-state index contributed by atoms with van der Waals surface area (Å²) in [6, 6.07) is -1.06. The van der Waals surface area contributed by atoms with Gasteiger partial charge in [0.2, 0.25) is 0 Å². The van der Waals surface area contributed by atoms with Crippen molar-refractivity contribution in [1.82, 2.24) is 4.90 Å². The van der Waals surface area contributed by atoms with E-state index in [1.54, 1.807) is 41.3 Å². The molecule has 0 aromatic carbocycles. The highest BCUT2D eigenvalue weighted by Crippen LogP contribution is 2.39. The SMILES string of the molecule is C=CC[C@@H]1/C=C(\C)C[C@H](C)C[C@H](OC)[C@@H]2OC([C@H](C)C[C@@H]2OC)C(O)(OCC)C(=O)N2CCCC[C@H]2C(=O)O[C@H](/C(C)=C/[C@@H]2CC[C@@H](O)[C@H](OC)C2)[C@H](C)[C@@H](O)CC1=O. The zero-order chi connectivity index (χ0) is 43.6. The Morgan fingerprint density at radius 3 is 2.27 bits per heavy atom. The summed E-state index contributed by atoms with van der Waals surface area (Å²) in [5, 5.41) is 34.8. The molecule has 0 aromatic rings. The first-order chi connectivity index (χ1) is 28.0. The second-order valence-electron chi connectivity index (χ2n) is 17.9. The Morgan fingerprint density at radius 1 is 0.949 bits per heavy atom. The number of fused-ring (bicyclic) bond motifs is 3. The summed E-state index contributed by atoms with van der Waals surface area (Å²) >= 11 is 0. The number of allylic oxidation sites excluding steroid dienone is 4. The molecular weight excluding hydrogens is 759 g/mol. The lowest BCUT2D eigenvalue weighted by Gasteiger charge is -2.49. The highest BCUT2D eigenvalue weighted by atomic mass is 16.7. The number of carbonyl (C=O) groups excluding carboxylic acids is 3. The summed E-state index contributed by atoms with van der Waals surface area (Å²) in [4.78, 5) is 44.7. The fourth-order valence-corrected chi connectivity index (χ4v) is 10.0. The van der Waals surface area contributed by atoms with Crippen LogP contribution in [0.3, 0.4) is 0 Å². The molecule has 4 rings (SSSR count). The number of methoxy groups -OCH3 is 3. The molecule has 3 N–H and O–H groups in total. The van der Waals surface area contributed by atoms with Gasteiger partial charge in [-0.15, -0.1) is 6.58 Å². The molecule has 2 bridgehead atoms. The van der Waals surface area contributed by atoms with Crippen LogP contribution in [0, 0.1) is 29.6 Å². The van der Waals surface area contributed by atoms with Gasteiger partial charge in [0, 0.05) is 52.7 Å². The van der Waals surface area contributed by atoms with Crippen molar-refractivity contribution in [1.29, 1.82) is 0 Å². The number of ketones is 1. The van der Waals surface area contributed by atoms with E-state index in [-0.39, 0.29) is 49.2 Å². The smallest absolute Gasteiger partial charge is 0.329 e. The van der Waals surface area contributed by atoms with Crippen LogP contribution in [-0.2, 0) is 42.8 Å². The van der Waals surface area contributed by atoms with Gasteiger partial charge in [0.05, 0.1) is 30.5 Å². The lowest BCUT2D eigenvalue weighted by Crippen LogP contribution is -2.67. The minimum atomic E-state index is -2.44. The van der Waals surface area contributed by atoms with Gasteiger partial charge in [-0.2, -0.15) is 0 Å². The molecule has 13 heteroatoms. The van der Waals surface area contributed by atoms with Crippen molar-refractivity contribution in [3.05, 3.63) is 36.0 Å². The first-order valence-electron chi connectivity index (χ1n) is 22.0. The molecule has 59 heavy (non-hydrogen) atoms. The summed E-state index contributed by atoms with van der Waals surface area (Å²) in [6.07, 6.45) is 5.27. The largest absolute Gasteiger partial charge is 0.456 e. The van der Waals surface area contributed by atoms with Gasteiger partial charge < -0.3 is 48.6 Å². The molecule has 3 heterocycles. The summed E-state index contributed by atoms with van der Waals surface area (Å²) in [7, 11) is 4.80. The maximum atomic E-state index is 14.9. The van der Waals surface area contributed by atoms with E-state index in [0.717, 1.165) is 5.57 Å². The standard InChI is InChI=1S/C46H75NO12/c1-11-15-33-21-27(3)20-28(4)22-39(55-9)42-40(56-10)24-30(6)43(58-42)46(53,57-12-2)45(52)47-19-14-13-16-34(47)44(51)59-41(31(7)36(49)26-37(33)50)29(5)23-32-17-18-35(48)38(25-32)54-8/h11,21,23,28,30-36,38-43,48-49,53H,1,12-20,22,24-26H2,2-10H3/b27-21+,29-23+/t28-,30+,31+,32-,33+,34-,35+,36-,38+,39-,40-,41+,42-,43?,46?/m0/s1. The van der Waals surface area contributed by atoms with Gasteiger partial charge in [0.15, 0.2) is 0 Å². The first-order valence-corrected chi connectivity index (χ1v) is 22.0. The monoisotopic (exact) mass is 834 g/mol. The van der Waals surface area contributed by atoms with E-state index in [0.29, 0.717) is 69.8 Å². The molecule has 1 amide bonds. The number of piperidine rings is 1. The number of aliphatic hydroxyl groups is 3. The summed E-state index contributed by atoms with van der Waals surface area (Å²) < 4.78 is 36.7. The number of carbonyl (C=O) groups is 3. The number of hydrogen-bond donors (Lipinski definition) is 3. The summed E-state index contributed by atoms with van der Waals surface area (Å²) in [6.45, 7) is 15.4. The van der Waals surface area contributed by atoms with Crippen molar-refractivity contribution in [3.63, 3.8) is 0 Å².